The Kier molecular flexibility index (Phi) is 8.10. The summed E-state index contributed by atoms with van der Waals surface area (Å²) in [7, 11) is 0. The number of rotatable bonds is 9. The molecule has 31 heavy (non-hydrogen) atoms. The van der Waals surface area contributed by atoms with Gasteiger partial charge in [-0.1, -0.05) is 67.4 Å². The zero-order valence-electron chi connectivity index (χ0n) is 18.2. The summed E-state index contributed by atoms with van der Waals surface area (Å²) in [6.07, 6.45) is 1.97. The van der Waals surface area contributed by atoms with Crippen molar-refractivity contribution >= 4 is 45.8 Å². The van der Waals surface area contributed by atoms with Crippen LogP contribution in [0.15, 0.2) is 42.5 Å². The highest BCUT2D eigenvalue weighted by atomic mass is 35.5. The minimum Gasteiger partial charge on any atom is -0.355 e. The quantitative estimate of drug-likeness (QED) is 0.428. The third-order valence-corrected chi connectivity index (χ3v) is 5.65. The summed E-state index contributed by atoms with van der Waals surface area (Å²) < 4.78 is 0. The molecule has 3 rings (SSSR count). The average Bonchev–Trinajstić information content (AvgIpc) is 2.76. The molecular weight excluding hydrogens is 431 g/mol. The van der Waals surface area contributed by atoms with Gasteiger partial charge in [-0.3, -0.25) is 4.79 Å². The molecule has 1 N–H and O–H groups in total. The van der Waals surface area contributed by atoms with Gasteiger partial charge in [0, 0.05) is 36.3 Å². The second-order valence-corrected chi connectivity index (χ2v) is 8.38. The predicted octanol–water partition coefficient (Wildman–Crippen LogP) is 5.98. The molecule has 1 aromatic heterocycles. The van der Waals surface area contributed by atoms with Gasteiger partial charge in [0.1, 0.15) is 11.6 Å². The molecule has 3 aromatic rings. The number of halogens is 2. The summed E-state index contributed by atoms with van der Waals surface area (Å²) in [4.78, 5) is 24.1. The van der Waals surface area contributed by atoms with Gasteiger partial charge in [0.05, 0.1) is 16.6 Å². The second kappa shape index (κ2) is 10.8. The van der Waals surface area contributed by atoms with Crippen LogP contribution in [0.1, 0.15) is 51.0 Å². The molecule has 0 bridgehead atoms. The van der Waals surface area contributed by atoms with Crippen LogP contribution in [-0.2, 0) is 11.2 Å². The fraction of sp³-hybridized carbons (Fsp3) is 0.375. The van der Waals surface area contributed by atoms with Crippen LogP contribution in [0.4, 0.5) is 5.82 Å². The van der Waals surface area contributed by atoms with E-state index < -0.39 is 0 Å². The van der Waals surface area contributed by atoms with E-state index in [-0.39, 0.29) is 11.9 Å². The molecule has 1 amide bonds. The molecule has 0 saturated heterocycles. The van der Waals surface area contributed by atoms with E-state index in [1.165, 1.54) is 0 Å². The number of nitrogens with zero attached hydrogens (tertiary/aromatic N) is 3. The number of aromatic nitrogens is 2. The molecule has 5 nitrogen and oxygen atoms in total. The lowest BCUT2D eigenvalue weighted by Gasteiger charge is -2.25. The third-order valence-electron chi connectivity index (χ3n) is 5.14. The van der Waals surface area contributed by atoms with Crippen LogP contribution in [0.2, 0.25) is 10.0 Å². The van der Waals surface area contributed by atoms with Crippen molar-refractivity contribution in [3.8, 4) is 0 Å². The first-order valence-electron chi connectivity index (χ1n) is 10.7. The Labute approximate surface area is 193 Å². The Morgan fingerprint density at radius 3 is 2.52 bits per heavy atom. The van der Waals surface area contributed by atoms with Gasteiger partial charge in [-0.2, -0.15) is 0 Å². The standard InChI is InChI=1S/C24H28Cl2N4O/c1-4-12-30(13-11-22(31)27-16(3)17-9-7-6-8-10-17)24-19-14-18(25)15-20(26)23(19)28-21(5-2)29-24/h6-10,14-16H,4-5,11-13H2,1-3H3,(H,27,31). The van der Waals surface area contributed by atoms with Crippen LogP contribution in [0.5, 0.6) is 0 Å². The van der Waals surface area contributed by atoms with E-state index in [2.05, 4.69) is 22.1 Å². The average molecular weight is 459 g/mol. The first-order valence-corrected chi connectivity index (χ1v) is 11.4. The summed E-state index contributed by atoms with van der Waals surface area (Å²) in [6.45, 7) is 7.42. The number of nitrogens with one attached hydrogen (secondary N) is 1. The molecular formula is C24H28Cl2N4O. The molecule has 1 unspecified atom stereocenters. The largest absolute Gasteiger partial charge is 0.355 e. The number of anilines is 1. The predicted molar refractivity (Wildman–Crippen MR) is 129 cm³/mol. The van der Waals surface area contributed by atoms with Crippen molar-refractivity contribution < 1.29 is 4.79 Å². The van der Waals surface area contributed by atoms with Crippen molar-refractivity contribution in [2.75, 3.05) is 18.0 Å². The zero-order chi connectivity index (χ0) is 22.4. The lowest BCUT2D eigenvalue weighted by atomic mass is 10.1. The number of fused-ring (bicyclic) bond motifs is 1. The highest BCUT2D eigenvalue weighted by Gasteiger charge is 2.18. The van der Waals surface area contributed by atoms with Crippen molar-refractivity contribution in [1.82, 2.24) is 15.3 Å². The van der Waals surface area contributed by atoms with E-state index in [1.807, 2.05) is 50.2 Å². The van der Waals surface area contributed by atoms with Crippen molar-refractivity contribution in [2.24, 2.45) is 0 Å². The van der Waals surface area contributed by atoms with Gasteiger partial charge in [0.2, 0.25) is 5.91 Å². The maximum absolute atomic E-state index is 12.6. The molecule has 0 aliphatic heterocycles. The SMILES string of the molecule is CCCN(CCC(=O)NC(C)c1ccccc1)c1nc(CC)nc2c(Cl)cc(Cl)cc12. The van der Waals surface area contributed by atoms with Gasteiger partial charge in [0.25, 0.3) is 0 Å². The maximum atomic E-state index is 12.6. The molecule has 2 aromatic carbocycles. The van der Waals surface area contributed by atoms with Crippen LogP contribution in [0.25, 0.3) is 10.9 Å². The van der Waals surface area contributed by atoms with E-state index in [1.54, 1.807) is 6.07 Å². The Bertz CT molecular complexity index is 1040. The summed E-state index contributed by atoms with van der Waals surface area (Å²) in [5.41, 5.74) is 1.77. The number of hydrogen-bond donors (Lipinski definition) is 1. The van der Waals surface area contributed by atoms with Crippen LogP contribution < -0.4 is 10.2 Å². The van der Waals surface area contributed by atoms with Crippen LogP contribution in [0, 0.1) is 0 Å². The fourth-order valence-corrected chi connectivity index (χ4v) is 4.09. The topological polar surface area (TPSA) is 58.1 Å². The number of aryl methyl sites for hydroxylation is 1. The summed E-state index contributed by atoms with van der Waals surface area (Å²) in [6, 6.07) is 13.4. The van der Waals surface area contributed by atoms with E-state index in [0.29, 0.717) is 34.9 Å². The highest BCUT2D eigenvalue weighted by molar-refractivity contribution is 6.38. The Morgan fingerprint density at radius 2 is 1.84 bits per heavy atom. The number of amides is 1. The number of carbonyl (C=O) groups is 1. The van der Waals surface area contributed by atoms with E-state index in [4.69, 9.17) is 28.2 Å². The molecule has 0 saturated carbocycles. The van der Waals surface area contributed by atoms with E-state index in [0.717, 1.165) is 35.6 Å². The zero-order valence-corrected chi connectivity index (χ0v) is 19.7. The minimum absolute atomic E-state index is 0.00241. The van der Waals surface area contributed by atoms with Crippen molar-refractivity contribution in [3.63, 3.8) is 0 Å². The molecule has 0 aliphatic carbocycles. The molecule has 7 heteroatoms. The first-order chi connectivity index (χ1) is 14.9. The van der Waals surface area contributed by atoms with Gasteiger partial charge in [-0.25, -0.2) is 9.97 Å². The Balaban J connectivity index is 1.82. The third kappa shape index (κ3) is 5.86. The van der Waals surface area contributed by atoms with Gasteiger partial charge in [-0.15, -0.1) is 0 Å². The monoisotopic (exact) mass is 458 g/mol. The van der Waals surface area contributed by atoms with Gasteiger partial charge in [-0.05, 0) is 31.0 Å². The van der Waals surface area contributed by atoms with Gasteiger partial charge in [0.15, 0.2) is 0 Å². The number of carbonyl (C=O) groups excluding carboxylic acids is 1. The molecule has 1 heterocycles. The van der Waals surface area contributed by atoms with Gasteiger partial charge < -0.3 is 10.2 Å². The molecule has 164 valence electrons. The molecule has 1 atom stereocenters. The van der Waals surface area contributed by atoms with E-state index >= 15 is 0 Å². The molecule has 0 radical (unpaired) electrons. The first kappa shape index (κ1) is 23.3. The van der Waals surface area contributed by atoms with Crippen LogP contribution in [0.3, 0.4) is 0 Å². The lowest BCUT2D eigenvalue weighted by molar-refractivity contribution is -0.121. The molecule has 0 fully saturated rings. The number of benzene rings is 2. The van der Waals surface area contributed by atoms with Crippen molar-refractivity contribution in [1.29, 1.82) is 0 Å². The lowest BCUT2D eigenvalue weighted by Crippen LogP contribution is -2.33. The second-order valence-electron chi connectivity index (χ2n) is 7.54. The van der Waals surface area contributed by atoms with Crippen molar-refractivity contribution in [2.45, 2.75) is 46.1 Å². The summed E-state index contributed by atoms with van der Waals surface area (Å²) >= 11 is 12.7. The Hall–Kier alpha value is -2.37. The highest BCUT2D eigenvalue weighted by Crippen LogP contribution is 2.32. The van der Waals surface area contributed by atoms with Crippen molar-refractivity contribution in [3.05, 3.63) is 63.9 Å². The maximum Gasteiger partial charge on any atom is 0.222 e. The Morgan fingerprint density at radius 1 is 1.10 bits per heavy atom. The van der Waals surface area contributed by atoms with Gasteiger partial charge >= 0.3 is 0 Å². The summed E-state index contributed by atoms with van der Waals surface area (Å²) in [5, 5.41) is 4.93. The number of hydrogen-bond acceptors (Lipinski definition) is 4. The molecule has 0 aliphatic rings. The minimum atomic E-state index is -0.0440. The molecule has 0 spiro atoms. The fourth-order valence-electron chi connectivity index (χ4n) is 3.55. The normalized spacial score (nSPS) is 12.0. The smallest absolute Gasteiger partial charge is 0.222 e. The summed E-state index contributed by atoms with van der Waals surface area (Å²) in [5.74, 6) is 1.49. The van der Waals surface area contributed by atoms with E-state index in [9.17, 15) is 4.79 Å². The van der Waals surface area contributed by atoms with Crippen LogP contribution >= 0.6 is 23.2 Å². The van der Waals surface area contributed by atoms with Crippen LogP contribution in [-0.4, -0.2) is 29.0 Å².